The van der Waals surface area contributed by atoms with Crippen LogP contribution in [-0.4, -0.2) is 18.6 Å². The molecule has 0 bridgehead atoms. The summed E-state index contributed by atoms with van der Waals surface area (Å²) < 4.78 is 4.83. The monoisotopic (exact) mass is 189 g/mol. The van der Waals surface area contributed by atoms with E-state index in [9.17, 15) is 4.79 Å². The first kappa shape index (κ1) is 8.97. The van der Waals surface area contributed by atoms with Crippen molar-refractivity contribution < 1.29 is 9.53 Å². The van der Waals surface area contributed by atoms with Gasteiger partial charge in [0.2, 0.25) is 0 Å². The molecule has 2 rings (SSSR count). The Labute approximate surface area is 82.4 Å². The molecule has 1 aromatic carbocycles. The number of amides is 1. The molecule has 72 valence electrons. The van der Waals surface area contributed by atoms with Gasteiger partial charge in [0.1, 0.15) is 0 Å². The van der Waals surface area contributed by atoms with Crippen LogP contribution in [0.25, 0.3) is 6.08 Å². The van der Waals surface area contributed by atoms with Gasteiger partial charge in [-0.15, -0.1) is 0 Å². The van der Waals surface area contributed by atoms with E-state index in [0.717, 1.165) is 5.56 Å². The van der Waals surface area contributed by atoms with Gasteiger partial charge in [-0.25, -0.2) is 0 Å². The second-order valence-corrected chi connectivity index (χ2v) is 3.07. The Bertz CT molecular complexity index is 342. The SMILES string of the molecule is O=C(NC=Cc1ccccc1)C1CO1. The maximum atomic E-state index is 11.1. The fourth-order valence-electron chi connectivity index (χ4n) is 1.08. The van der Waals surface area contributed by atoms with Crippen LogP contribution in [-0.2, 0) is 9.53 Å². The number of epoxide rings is 1. The van der Waals surface area contributed by atoms with Crippen LogP contribution in [0, 0.1) is 0 Å². The summed E-state index contributed by atoms with van der Waals surface area (Å²) in [4.78, 5) is 11.1. The fraction of sp³-hybridized carbons (Fsp3) is 0.182. The molecule has 0 saturated carbocycles. The van der Waals surface area contributed by atoms with E-state index in [2.05, 4.69) is 5.32 Å². The van der Waals surface area contributed by atoms with Gasteiger partial charge in [-0.05, 0) is 11.6 Å². The van der Waals surface area contributed by atoms with Crippen molar-refractivity contribution in [3.8, 4) is 0 Å². The lowest BCUT2D eigenvalue weighted by atomic mass is 10.2. The number of hydrogen-bond donors (Lipinski definition) is 1. The Hall–Kier alpha value is -1.61. The van der Waals surface area contributed by atoms with Crippen molar-refractivity contribution in [1.29, 1.82) is 0 Å². The minimum Gasteiger partial charge on any atom is -0.363 e. The minimum absolute atomic E-state index is 0.0721. The first-order chi connectivity index (χ1) is 6.86. The van der Waals surface area contributed by atoms with Crippen LogP contribution in [0.2, 0.25) is 0 Å². The quantitative estimate of drug-likeness (QED) is 0.725. The summed E-state index contributed by atoms with van der Waals surface area (Å²) in [5.74, 6) is -0.0721. The van der Waals surface area contributed by atoms with E-state index in [4.69, 9.17) is 4.74 Å². The minimum atomic E-state index is -0.226. The predicted octanol–water partition coefficient (Wildman–Crippen LogP) is 1.17. The number of rotatable bonds is 3. The second-order valence-electron chi connectivity index (χ2n) is 3.07. The zero-order valence-corrected chi connectivity index (χ0v) is 7.64. The van der Waals surface area contributed by atoms with Crippen LogP contribution in [0.15, 0.2) is 36.5 Å². The Kier molecular flexibility index (Phi) is 2.60. The van der Waals surface area contributed by atoms with E-state index in [0.29, 0.717) is 6.61 Å². The molecule has 3 heteroatoms. The van der Waals surface area contributed by atoms with Crippen molar-refractivity contribution in [3.63, 3.8) is 0 Å². The van der Waals surface area contributed by atoms with Crippen LogP contribution >= 0.6 is 0 Å². The molecule has 0 spiro atoms. The topological polar surface area (TPSA) is 41.6 Å². The lowest BCUT2D eigenvalue weighted by Crippen LogP contribution is -2.22. The average Bonchev–Trinajstić information content (AvgIpc) is 3.02. The summed E-state index contributed by atoms with van der Waals surface area (Å²) >= 11 is 0. The normalized spacial score (nSPS) is 19.6. The van der Waals surface area contributed by atoms with Gasteiger partial charge >= 0.3 is 0 Å². The molecule has 0 aromatic heterocycles. The molecule has 1 aromatic rings. The zero-order chi connectivity index (χ0) is 9.80. The highest BCUT2D eigenvalue weighted by atomic mass is 16.6. The van der Waals surface area contributed by atoms with Crippen molar-refractivity contribution in [2.24, 2.45) is 0 Å². The van der Waals surface area contributed by atoms with E-state index in [1.54, 1.807) is 6.20 Å². The molecule has 1 heterocycles. The van der Waals surface area contributed by atoms with E-state index in [1.807, 2.05) is 36.4 Å². The third-order valence-corrected chi connectivity index (χ3v) is 1.93. The number of carbonyl (C=O) groups excluding carboxylic acids is 1. The van der Waals surface area contributed by atoms with Gasteiger partial charge in [-0.1, -0.05) is 30.3 Å². The number of nitrogens with one attached hydrogen (secondary N) is 1. The first-order valence-electron chi connectivity index (χ1n) is 4.50. The second kappa shape index (κ2) is 4.07. The molecule has 1 fully saturated rings. The molecule has 1 N–H and O–H groups in total. The molecule has 1 atom stereocenters. The summed E-state index contributed by atoms with van der Waals surface area (Å²) in [7, 11) is 0. The van der Waals surface area contributed by atoms with Gasteiger partial charge in [0.25, 0.3) is 5.91 Å². The molecular formula is C11H11NO2. The first-order valence-corrected chi connectivity index (χ1v) is 4.50. The summed E-state index contributed by atoms with van der Waals surface area (Å²) in [5, 5.41) is 2.65. The predicted molar refractivity (Wildman–Crippen MR) is 53.4 cm³/mol. The van der Waals surface area contributed by atoms with Crippen molar-refractivity contribution in [2.75, 3.05) is 6.61 Å². The van der Waals surface area contributed by atoms with Crippen molar-refractivity contribution in [3.05, 3.63) is 42.1 Å². The summed E-state index contributed by atoms with van der Waals surface area (Å²) in [6.45, 7) is 0.547. The van der Waals surface area contributed by atoms with Crippen molar-refractivity contribution >= 4 is 12.0 Å². The summed E-state index contributed by atoms with van der Waals surface area (Å²) in [5.41, 5.74) is 1.06. The van der Waals surface area contributed by atoms with Crippen LogP contribution in [0.3, 0.4) is 0 Å². The lowest BCUT2D eigenvalue weighted by molar-refractivity contribution is -0.121. The average molecular weight is 189 g/mol. The molecular weight excluding hydrogens is 178 g/mol. The number of benzene rings is 1. The standard InChI is InChI=1S/C11H11NO2/c13-11(10-8-14-10)12-7-6-9-4-2-1-3-5-9/h1-7,10H,8H2,(H,12,13). The van der Waals surface area contributed by atoms with E-state index >= 15 is 0 Å². The lowest BCUT2D eigenvalue weighted by Gasteiger charge is -1.94. The van der Waals surface area contributed by atoms with Gasteiger partial charge in [-0.2, -0.15) is 0 Å². The Morgan fingerprint density at radius 1 is 1.43 bits per heavy atom. The van der Waals surface area contributed by atoms with Gasteiger partial charge in [-0.3, -0.25) is 4.79 Å². The van der Waals surface area contributed by atoms with Crippen molar-refractivity contribution in [2.45, 2.75) is 6.10 Å². The van der Waals surface area contributed by atoms with Crippen LogP contribution in [0.5, 0.6) is 0 Å². The molecule has 1 unspecified atom stereocenters. The molecule has 0 radical (unpaired) electrons. The highest BCUT2D eigenvalue weighted by Crippen LogP contribution is 2.08. The van der Waals surface area contributed by atoms with E-state index < -0.39 is 0 Å². The highest BCUT2D eigenvalue weighted by molar-refractivity contribution is 5.84. The summed E-state index contributed by atoms with van der Waals surface area (Å²) in [6, 6.07) is 9.79. The van der Waals surface area contributed by atoms with Gasteiger partial charge in [0, 0.05) is 6.20 Å². The molecule has 1 aliphatic rings. The molecule has 0 aliphatic carbocycles. The Morgan fingerprint density at radius 2 is 2.14 bits per heavy atom. The maximum Gasteiger partial charge on any atom is 0.255 e. The molecule has 1 amide bonds. The largest absolute Gasteiger partial charge is 0.363 e. The third-order valence-electron chi connectivity index (χ3n) is 1.93. The van der Waals surface area contributed by atoms with Crippen LogP contribution < -0.4 is 5.32 Å². The van der Waals surface area contributed by atoms with Gasteiger partial charge in [0.15, 0.2) is 6.10 Å². The smallest absolute Gasteiger partial charge is 0.255 e. The maximum absolute atomic E-state index is 11.1. The number of ether oxygens (including phenoxy) is 1. The Balaban J connectivity index is 1.85. The van der Waals surface area contributed by atoms with Gasteiger partial charge in [0.05, 0.1) is 6.61 Å². The van der Waals surface area contributed by atoms with Crippen molar-refractivity contribution in [1.82, 2.24) is 5.32 Å². The Morgan fingerprint density at radius 3 is 2.79 bits per heavy atom. The van der Waals surface area contributed by atoms with E-state index in [-0.39, 0.29) is 12.0 Å². The molecule has 1 saturated heterocycles. The number of hydrogen-bond acceptors (Lipinski definition) is 2. The molecule has 14 heavy (non-hydrogen) atoms. The van der Waals surface area contributed by atoms with Gasteiger partial charge < -0.3 is 10.1 Å². The fourth-order valence-corrected chi connectivity index (χ4v) is 1.08. The highest BCUT2D eigenvalue weighted by Gasteiger charge is 2.30. The summed E-state index contributed by atoms with van der Waals surface area (Å²) in [6.07, 6.45) is 3.26. The van der Waals surface area contributed by atoms with E-state index in [1.165, 1.54) is 0 Å². The third kappa shape index (κ3) is 2.44. The van der Waals surface area contributed by atoms with Crippen LogP contribution in [0.4, 0.5) is 0 Å². The number of carbonyl (C=O) groups is 1. The van der Waals surface area contributed by atoms with Crippen LogP contribution in [0.1, 0.15) is 5.56 Å². The molecule has 1 aliphatic heterocycles. The zero-order valence-electron chi connectivity index (χ0n) is 7.64. The molecule has 3 nitrogen and oxygen atoms in total.